The van der Waals surface area contributed by atoms with Crippen molar-refractivity contribution in [3.8, 4) is 6.01 Å². The lowest BCUT2D eigenvalue weighted by atomic mass is 10.5. The molecule has 11 heavy (non-hydrogen) atoms. The molecule has 60 valence electrons. The lowest BCUT2D eigenvalue weighted by Crippen LogP contribution is -1.99. The Labute approximate surface area is 66.4 Å². The average Bonchev–Trinajstić information content (AvgIpc) is 2.01. The summed E-state index contributed by atoms with van der Waals surface area (Å²) in [5, 5.41) is 0. The van der Waals surface area contributed by atoms with Gasteiger partial charge in [0.05, 0.1) is 6.61 Å². The van der Waals surface area contributed by atoms with Crippen LogP contribution < -0.4 is 4.74 Å². The Morgan fingerprint density at radius 1 is 1.55 bits per heavy atom. The summed E-state index contributed by atoms with van der Waals surface area (Å²) in [7, 11) is 0. The van der Waals surface area contributed by atoms with Gasteiger partial charge in [0.25, 0.3) is 0 Å². The Hall–Kier alpha value is -1.12. The molecule has 1 rings (SSSR count). The second-order valence-electron chi connectivity index (χ2n) is 2.33. The summed E-state index contributed by atoms with van der Waals surface area (Å²) < 4.78 is 5.21. The van der Waals surface area contributed by atoms with Gasteiger partial charge in [0.2, 0.25) is 0 Å². The quantitative estimate of drug-likeness (QED) is 0.659. The Morgan fingerprint density at radius 2 is 2.36 bits per heavy atom. The highest BCUT2D eigenvalue weighted by atomic mass is 16.5. The number of hydrogen-bond acceptors (Lipinski definition) is 3. The van der Waals surface area contributed by atoms with Gasteiger partial charge in [0, 0.05) is 11.9 Å². The fourth-order valence-electron chi connectivity index (χ4n) is 0.689. The third-order valence-electron chi connectivity index (χ3n) is 1.21. The molecule has 0 aliphatic rings. The summed E-state index contributed by atoms with van der Waals surface area (Å²) >= 11 is 0. The van der Waals surface area contributed by atoms with Gasteiger partial charge in [0.15, 0.2) is 0 Å². The number of aromatic nitrogens is 2. The van der Waals surface area contributed by atoms with E-state index in [-0.39, 0.29) is 0 Å². The fourth-order valence-corrected chi connectivity index (χ4v) is 0.689. The predicted octanol–water partition coefficient (Wildman–Crippen LogP) is 1.57. The maximum atomic E-state index is 5.21. The number of nitrogens with zero attached hydrogens (tertiary/aromatic N) is 2. The molecule has 3 nitrogen and oxygen atoms in total. The lowest BCUT2D eigenvalue weighted by Gasteiger charge is -2.00. The van der Waals surface area contributed by atoms with Crippen LogP contribution in [0.1, 0.15) is 19.0 Å². The van der Waals surface area contributed by atoms with Crippen molar-refractivity contribution in [2.24, 2.45) is 0 Å². The van der Waals surface area contributed by atoms with Crippen LogP contribution in [0.4, 0.5) is 0 Å². The van der Waals surface area contributed by atoms with Gasteiger partial charge in [-0.05, 0) is 19.4 Å². The zero-order valence-corrected chi connectivity index (χ0v) is 6.87. The molecule has 0 unspecified atom stereocenters. The molecule has 0 spiro atoms. The van der Waals surface area contributed by atoms with Crippen LogP contribution in [0, 0.1) is 6.92 Å². The second kappa shape index (κ2) is 3.91. The van der Waals surface area contributed by atoms with Crippen LogP contribution in [0.3, 0.4) is 0 Å². The number of ether oxygens (including phenoxy) is 1. The highest BCUT2D eigenvalue weighted by Gasteiger charge is 1.94. The van der Waals surface area contributed by atoms with Gasteiger partial charge >= 0.3 is 6.01 Å². The summed E-state index contributed by atoms with van der Waals surface area (Å²) in [6.45, 7) is 4.65. The molecule has 0 aliphatic carbocycles. The molecule has 0 aliphatic heterocycles. The topological polar surface area (TPSA) is 35.0 Å². The molecule has 0 amide bonds. The minimum absolute atomic E-state index is 0.479. The van der Waals surface area contributed by atoms with Crippen molar-refractivity contribution in [3.05, 3.63) is 18.0 Å². The monoisotopic (exact) mass is 152 g/mol. The number of aryl methyl sites for hydroxylation is 1. The van der Waals surface area contributed by atoms with Gasteiger partial charge < -0.3 is 4.74 Å². The number of hydrogen-bond donors (Lipinski definition) is 0. The molecule has 1 aromatic rings. The van der Waals surface area contributed by atoms with Crippen LogP contribution in [0.15, 0.2) is 12.3 Å². The number of rotatable bonds is 3. The molecule has 0 N–H and O–H groups in total. The lowest BCUT2D eigenvalue weighted by molar-refractivity contribution is 0.291. The smallest absolute Gasteiger partial charge is 0.316 e. The normalized spacial score (nSPS) is 9.64. The van der Waals surface area contributed by atoms with Crippen molar-refractivity contribution < 1.29 is 4.74 Å². The zero-order chi connectivity index (χ0) is 8.10. The van der Waals surface area contributed by atoms with Crippen molar-refractivity contribution in [2.45, 2.75) is 20.3 Å². The second-order valence-corrected chi connectivity index (χ2v) is 2.33. The molecular weight excluding hydrogens is 140 g/mol. The molecular formula is C8H12N2O. The molecule has 0 saturated carbocycles. The molecule has 0 bridgehead atoms. The van der Waals surface area contributed by atoms with E-state index in [9.17, 15) is 0 Å². The van der Waals surface area contributed by atoms with Crippen LogP contribution in [-0.4, -0.2) is 16.6 Å². The van der Waals surface area contributed by atoms with E-state index < -0.39 is 0 Å². The Morgan fingerprint density at radius 3 is 3.00 bits per heavy atom. The Kier molecular flexibility index (Phi) is 2.83. The van der Waals surface area contributed by atoms with E-state index in [2.05, 4.69) is 16.9 Å². The zero-order valence-electron chi connectivity index (χ0n) is 6.87. The van der Waals surface area contributed by atoms with Crippen LogP contribution in [0.2, 0.25) is 0 Å². The summed E-state index contributed by atoms with van der Waals surface area (Å²) in [6, 6.07) is 2.32. The summed E-state index contributed by atoms with van der Waals surface area (Å²) in [5.74, 6) is 0. The molecule has 1 heterocycles. The maximum Gasteiger partial charge on any atom is 0.316 e. The molecule has 3 heteroatoms. The Balaban J connectivity index is 2.56. The average molecular weight is 152 g/mol. The van der Waals surface area contributed by atoms with Crippen LogP contribution in [0.5, 0.6) is 6.01 Å². The molecule has 0 atom stereocenters. The first-order chi connectivity index (χ1) is 5.33. The van der Waals surface area contributed by atoms with Gasteiger partial charge in [-0.15, -0.1) is 0 Å². The van der Waals surface area contributed by atoms with Gasteiger partial charge in [-0.3, -0.25) is 0 Å². The largest absolute Gasteiger partial charge is 0.463 e. The predicted molar refractivity (Wildman–Crippen MR) is 42.6 cm³/mol. The fraction of sp³-hybridized carbons (Fsp3) is 0.500. The van der Waals surface area contributed by atoms with E-state index in [0.29, 0.717) is 12.6 Å². The van der Waals surface area contributed by atoms with E-state index in [1.54, 1.807) is 6.20 Å². The van der Waals surface area contributed by atoms with Gasteiger partial charge in [-0.25, -0.2) is 9.97 Å². The van der Waals surface area contributed by atoms with Crippen LogP contribution >= 0.6 is 0 Å². The van der Waals surface area contributed by atoms with Crippen LogP contribution in [0.25, 0.3) is 0 Å². The third-order valence-corrected chi connectivity index (χ3v) is 1.21. The van der Waals surface area contributed by atoms with E-state index in [0.717, 1.165) is 12.1 Å². The van der Waals surface area contributed by atoms with E-state index in [4.69, 9.17) is 4.74 Å². The molecule has 0 saturated heterocycles. The highest BCUT2D eigenvalue weighted by Crippen LogP contribution is 2.01. The summed E-state index contributed by atoms with van der Waals surface area (Å²) in [4.78, 5) is 8.02. The SMILES string of the molecule is CCCOc1nccc(C)n1. The first-order valence-electron chi connectivity index (χ1n) is 3.75. The van der Waals surface area contributed by atoms with Crippen molar-refractivity contribution in [1.29, 1.82) is 0 Å². The summed E-state index contributed by atoms with van der Waals surface area (Å²) in [6.07, 6.45) is 2.69. The maximum absolute atomic E-state index is 5.21. The first-order valence-corrected chi connectivity index (χ1v) is 3.75. The van der Waals surface area contributed by atoms with Gasteiger partial charge in [-0.2, -0.15) is 0 Å². The van der Waals surface area contributed by atoms with Crippen LogP contribution in [-0.2, 0) is 0 Å². The molecule has 1 aromatic heterocycles. The molecule has 0 radical (unpaired) electrons. The van der Waals surface area contributed by atoms with Crippen molar-refractivity contribution in [2.75, 3.05) is 6.61 Å². The standard InChI is InChI=1S/C8H12N2O/c1-3-6-11-8-9-5-4-7(2)10-8/h4-5H,3,6H2,1-2H3. The van der Waals surface area contributed by atoms with E-state index >= 15 is 0 Å². The minimum Gasteiger partial charge on any atom is -0.463 e. The molecule has 0 aromatic carbocycles. The van der Waals surface area contributed by atoms with E-state index in [1.807, 2.05) is 13.0 Å². The van der Waals surface area contributed by atoms with Gasteiger partial charge in [-0.1, -0.05) is 6.92 Å². The highest BCUT2D eigenvalue weighted by molar-refractivity contribution is 5.02. The van der Waals surface area contributed by atoms with Crippen molar-refractivity contribution in [1.82, 2.24) is 9.97 Å². The minimum atomic E-state index is 0.479. The van der Waals surface area contributed by atoms with Crippen molar-refractivity contribution >= 4 is 0 Å². The molecule has 0 fully saturated rings. The van der Waals surface area contributed by atoms with Gasteiger partial charge in [0.1, 0.15) is 0 Å². The first kappa shape index (κ1) is 7.98. The van der Waals surface area contributed by atoms with Crippen molar-refractivity contribution in [3.63, 3.8) is 0 Å². The third kappa shape index (κ3) is 2.53. The Bertz CT molecular complexity index is 225. The summed E-state index contributed by atoms with van der Waals surface area (Å²) in [5.41, 5.74) is 0.936. The van der Waals surface area contributed by atoms with E-state index in [1.165, 1.54) is 0 Å².